The molecule has 0 saturated heterocycles. The Balaban J connectivity index is 1.38. The molecule has 0 bridgehead atoms. The number of fused-ring (bicyclic) bond motifs is 3. The molecule has 168 valence electrons. The first-order chi connectivity index (χ1) is 15.3. The van der Waals surface area contributed by atoms with Gasteiger partial charge in [0.25, 0.3) is 0 Å². The average Bonchev–Trinajstić information content (AvgIpc) is 3.57. The molecule has 2 aliphatic carbocycles. The highest BCUT2D eigenvalue weighted by Crippen LogP contribution is 2.44. The summed E-state index contributed by atoms with van der Waals surface area (Å²) in [4.78, 5) is 36.1. The van der Waals surface area contributed by atoms with E-state index in [2.05, 4.69) is 10.6 Å². The molecule has 2 amide bonds. The first kappa shape index (κ1) is 21.8. The molecule has 0 radical (unpaired) electrons. The SMILES string of the molecule is CC(O)(CNC(=O)C(NC(=O)OCC1c2ccccc2-c2ccccc21)C1CC1)C(=O)O. The summed E-state index contributed by atoms with van der Waals surface area (Å²) in [5.74, 6) is -2.11. The minimum atomic E-state index is -2.09. The third kappa shape index (κ3) is 4.45. The summed E-state index contributed by atoms with van der Waals surface area (Å²) in [6.07, 6.45) is 0.845. The maximum Gasteiger partial charge on any atom is 0.407 e. The zero-order chi connectivity index (χ0) is 22.9. The fourth-order valence-electron chi connectivity index (χ4n) is 4.04. The summed E-state index contributed by atoms with van der Waals surface area (Å²) in [6.45, 7) is 0.768. The van der Waals surface area contributed by atoms with Gasteiger partial charge in [0.1, 0.15) is 12.6 Å². The van der Waals surface area contributed by atoms with Crippen LogP contribution >= 0.6 is 0 Å². The van der Waals surface area contributed by atoms with E-state index < -0.39 is 36.2 Å². The van der Waals surface area contributed by atoms with E-state index in [1.54, 1.807) is 0 Å². The van der Waals surface area contributed by atoms with Gasteiger partial charge < -0.3 is 25.6 Å². The van der Waals surface area contributed by atoms with Gasteiger partial charge in [-0.15, -0.1) is 0 Å². The Bertz CT molecular complexity index is 1000. The molecule has 2 unspecified atom stereocenters. The minimum absolute atomic E-state index is 0.0368. The van der Waals surface area contributed by atoms with E-state index in [0.29, 0.717) is 0 Å². The van der Waals surface area contributed by atoms with Crippen molar-refractivity contribution in [1.82, 2.24) is 10.6 Å². The highest BCUT2D eigenvalue weighted by molar-refractivity contribution is 5.87. The smallest absolute Gasteiger partial charge is 0.407 e. The molecule has 0 spiro atoms. The molecule has 2 aromatic carbocycles. The molecule has 4 N–H and O–H groups in total. The maximum atomic E-state index is 12.5. The van der Waals surface area contributed by atoms with E-state index in [4.69, 9.17) is 9.84 Å². The second-order valence-corrected chi connectivity index (χ2v) is 8.58. The molecule has 4 rings (SSSR count). The lowest BCUT2D eigenvalue weighted by Gasteiger charge is -2.22. The van der Waals surface area contributed by atoms with E-state index in [9.17, 15) is 19.5 Å². The molecule has 8 nitrogen and oxygen atoms in total. The lowest BCUT2D eigenvalue weighted by molar-refractivity contribution is -0.156. The number of ether oxygens (including phenoxy) is 1. The molecule has 2 aliphatic rings. The number of nitrogens with one attached hydrogen (secondary N) is 2. The molecule has 8 heteroatoms. The van der Waals surface area contributed by atoms with Crippen molar-refractivity contribution < 1.29 is 29.3 Å². The number of hydrogen-bond donors (Lipinski definition) is 4. The van der Waals surface area contributed by atoms with Gasteiger partial charge >= 0.3 is 12.1 Å². The molecule has 32 heavy (non-hydrogen) atoms. The quantitative estimate of drug-likeness (QED) is 0.501. The Hall–Kier alpha value is -3.39. The Morgan fingerprint density at radius 2 is 1.62 bits per heavy atom. The number of carboxylic acid groups (broad SMARTS) is 1. The van der Waals surface area contributed by atoms with Gasteiger partial charge in [0, 0.05) is 5.92 Å². The van der Waals surface area contributed by atoms with E-state index in [1.165, 1.54) is 0 Å². The molecule has 1 saturated carbocycles. The molecule has 2 aromatic rings. The largest absolute Gasteiger partial charge is 0.479 e. The van der Waals surface area contributed by atoms with E-state index in [1.807, 2.05) is 48.5 Å². The van der Waals surface area contributed by atoms with Crippen molar-refractivity contribution in [2.75, 3.05) is 13.2 Å². The van der Waals surface area contributed by atoms with Gasteiger partial charge in [-0.3, -0.25) is 4.79 Å². The minimum Gasteiger partial charge on any atom is -0.479 e. The number of alkyl carbamates (subject to hydrolysis) is 1. The van der Waals surface area contributed by atoms with Crippen LogP contribution in [0.25, 0.3) is 11.1 Å². The Kier molecular flexibility index (Phi) is 5.88. The van der Waals surface area contributed by atoms with Crippen molar-refractivity contribution in [3.8, 4) is 11.1 Å². The fourth-order valence-corrected chi connectivity index (χ4v) is 4.04. The highest BCUT2D eigenvalue weighted by atomic mass is 16.5. The van der Waals surface area contributed by atoms with Gasteiger partial charge in [0.2, 0.25) is 5.91 Å². The summed E-state index contributed by atoms with van der Waals surface area (Å²) < 4.78 is 5.51. The van der Waals surface area contributed by atoms with Gasteiger partial charge in [-0.05, 0) is 47.9 Å². The number of rotatable bonds is 8. The number of carbonyl (C=O) groups is 3. The van der Waals surface area contributed by atoms with Crippen LogP contribution in [0.4, 0.5) is 4.79 Å². The van der Waals surface area contributed by atoms with Crippen LogP contribution in [-0.4, -0.2) is 53.0 Å². The summed E-state index contributed by atoms with van der Waals surface area (Å²) in [7, 11) is 0. The molecular formula is C24H26N2O6. The van der Waals surface area contributed by atoms with Crippen molar-refractivity contribution in [2.24, 2.45) is 5.92 Å². The van der Waals surface area contributed by atoms with Crippen LogP contribution in [0.2, 0.25) is 0 Å². The van der Waals surface area contributed by atoms with E-state index >= 15 is 0 Å². The monoisotopic (exact) mass is 438 g/mol. The second-order valence-electron chi connectivity index (χ2n) is 8.58. The average molecular weight is 438 g/mol. The molecule has 0 heterocycles. The predicted molar refractivity (Wildman–Crippen MR) is 116 cm³/mol. The van der Waals surface area contributed by atoms with Crippen molar-refractivity contribution in [3.63, 3.8) is 0 Å². The summed E-state index contributed by atoms with van der Waals surface area (Å²) >= 11 is 0. The zero-order valence-corrected chi connectivity index (χ0v) is 17.7. The molecular weight excluding hydrogens is 412 g/mol. The number of benzene rings is 2. The van der Waals surface area contributed by atoms with Crippen molar-refractivity contribution >= 4 is 18.0 Å². The summed E-state index contributed by atoms with van der Waals surface area (Å²) in [5, 5.41) is 23.8. The molecule has 0 aliphatic heterocycles. The van der Waals surface area contributed by atoms with Crippen LogP contribution in [0.5, 0.6) is 0 Å². The predicted octanol–water partition coefficient (Wildman–Crippen LogP) is 2.26. The van der Waals surface area contributed by atoms with Gasteiger partial charge in [0.05, 0.1) is 6.54 Å². The lowest BCUT2D eigenvalue weighted by atomic mass is 9.98. The van der Waals surface area contributed by atoms with Crippen molar-refractivity contribution in [3.05, 3.63) is 59.7 Å². The van der Waals surface area contributed by atoms with Gasteiger partial charge in [-0.25, -0.2) is 9.59 Å². The third-order valence-electron chi connectivity index (χ3n) is 6.06. The number of hydrogen-bond acceptors (Lipinski definition) is 5. The van der Waals surface area contributed by atoms with Gasteiger partial charge in [-0.2, -0.15) is 0 Å². The van der Waals surface area contributed by atoms with Crippen LogP contribution in [0.1, 0.15) is 36.8 Å². The summed E-state index contributed by atoms with van der Waals surface area (Å²) in [5.41, 5.74) is 2.34. The van der Waals surface area contributed by atoms with Crippen LogP contribution in [0.15, 0.2) is 48.5 Å². The second kappa shape index (κ2) is 8.63. The Morgan fingerprint density at radius 1 is 1.06 bits per heavy atom. The highest BCUT2D eigenvalue weighted by Gasteiger charge is 2.39. The first-order valence-corrected chi connectivity index (χ1v) is 10.6. The molecule has 0 aromatic heterocycles. The van der Waals surface area contributed by atoms with Crippen LogP contribution in [0.3, 0.4) is 0 Å². The van der Waals surface area contributed by atoms with E-state index in [0.717, 1.165) is 42.0 Å². The Morgan fingerprint density at radius 3 is 2.16 bits per heavy atom. The molecule has 1 fully saturated rings. The number of carboxylic acids is 1. The first-order valence-electron chi connectivity index (χ1n) is 10.6. The normalized spacial score (nSPS) is 17.4. The number of aliphatic carboxylic acids is 1. The number of amides is 2. The van der Waals surface area contributed by atoms with Crippen LogP contribution in [0, 0.1) is 5.92 Å². The van der Waals surface area contributed by atoms with Crippen molar-refractivity contribution in [1.29, 1.82) is 0 Å². The van der Waals surface area contributed by atoms with Crippen LogP contribution in [-0.2, 0) is 14.3 Å². The fraction of sp³-hybridized carbons (Fsp3) is 0.375. The van der Waals surface area contributed by atoms with E-state index in [-0.39, 0.29) is 18.4 Å². The third-order valence-corrected chi connectivity index (χ3v) is 6.06. The zero-order valence-electron chi connectivity index (χ0n) is 17.7. The molecule has 2 atom stereocenters. The van der Waals surface area contributed by atoms with Gasteiger partial charge in [0.15, 0.2) is 5.60 Å². The Labute approximate surface area is 185 Å². The summed E-state index contributed by atoms with van der Waals surface area (Å²) in [6, 6.07) is 15.2. The standard InChI is InChI=1S/C24H26N2O6/c1-24(31,22(28)29)13-25-21(27)20(14-10-11-14)26-23(30)32-12-19-17-8-4-2-6-15(17)16-7-3-5-9-18(16)19/h2-9,14,19-20,31H,10-13H2,1H3,(H,25,27)(H,26,30)(H,28,29). The maximum absolute atomic E-state index is 12.5. The topological polar surface area (TPSA) is 125 Å². The van der Waals surface area contributed by atoms with Crippen molar-refractivity contribution in [2.45, 2.75) is 37.3 Å². The van der Waals surface area contributed by atoms with Crippen LogP contribution < -0.4 is 10.6 Å². The number of carbonyl (C=O) groups excluding carboxylic acids is 2. The lowest BCUT2D eigenvalue weighted by Crippen LogP contribution is -2.53. The van der Waals surface area contributed by atoms with Gasteiger partial charge in [-0.1, -0.05) is 48.5 Å². The number of aliphatic hydroxyl groups is 1.